The fourth-order valence-electron chi connectivity index (χ4n) is 1.56. The Kier molecular flexibility index (Phi) is 3.67. The Morgan fingerprint density at radius 2 is 2.13 bits per heavy atom. The summed E-state index contributed by atoms with van der Waals surface area (Å²) in [4.78, 5) is 11.1. The second kappa shape index (κ2) is 4.78. The minimum Gasteiger partial charge on any atom is -0.326 e. The lowest BCUT2D eigenvalue weighted by Crippen LogP contribution is -2.10. The van der Waals surface area contributed by atoms with E-state index in [1.807, 2.05) is 18.2 Å². The molecule has 1 amide bonds. The largest absolute Gasteiger partial charge is 0.326 e. The van der Waals surface area contributed by atoms with Crippen molar-refractivity contribution in [3.8, 4) is 0 Å². The molecule has 15 heavy (non-hydrogen) atoms. The molecular weight excluding hydrogens is 186 g/mol. The number of carbonyl (C=O) groups excluding carboxylic acids is 1. The molecule has 0 unspecified atom stereocenters. The number of carbonyl (C=O) groups is 1. The summed E-state index contributed by atoms with van der Waals surface area (Å²) in [6, 6.07) is 5.96. The first kappa shape index (κ1) is 11.5. The van der Waals surface area contributed by atoms with Crippen molar-refractivity contribution in [1.29, 1.82) is 0 Å². The summed E-state index contributed by atoms with van der Waals surface area (Å²) in [6.45, 7) is 9.48. The minimum atomic E-state index is -0.0498. The van der Waals surface area contributed by atoms with E-state index in [1.54, 1.807) is 6.08 Å². The highest BCUT2D eigenvalue weighted by Crippen LogP contribution is 2.28. The molecule has 0 aliphatic heterocycles. The molecule has 1 rings (SSSR count). The number of amides is 1. The van der Waals surface area contributed by atoms with E-state index in [2.05, 4.69) is 25.7 Å². The molecule has 0 aliphatic carbocycles. The van der Waals surface area contributed by atoms with Crippen molar-refractivity contribution in [2.45, 2.75) is 26.7 Å². The van der Waals surface area contributed by atoms with Crippen molar-refractivity contribution < 1.29 is 4.79 Å². The molecule has 0 atom stereocenters. The van der Waals surface area contributed by atoms with Gasteiger partial charge in [0.2, 0.25) is 5.91 Å². The van der Waals surface area contributed by atoms with Gasteiger partial charge in [0.15, 0.2) is 0 Å². The van der Waals surface area contributed by atoms with Gasteiger partial charge < -0.3 is 5.32 Å². The van der Waals surface area contributed by atoms with Crippen LogP contribution in [0.25, 0.3) is 6.08 Å². The quantitative estimate of drug-likeness (QED) is 0.801. The highest BCUT2D eigenvalue weighted by Gasteiger charge is 2.10. The summed E-state index contributed by atoms with van der Waals surface area (Å²) >= 11 is 0. The van der Waals surface area contributed by atoms with E-state index in [4.69, 9.17) is 0 Å². The predicted octanol–water partition coefficient (Wildman–Crippen LogP) is 3.41. The monoisotopic (exact) mass is 203 g/mol. The molecule has 0 bridgehead atoms. The van der Waals surface area contributed by atoms with Gasteiger partial charge in [0.05, 0.1) is 5.69 Å². The van der Waals surface area contributed by atoms with Crippen LogP contribution in [0.1, 0.15) is 37.8 Å². The van der Waals surface area contributed by atoms with Crippen molar-refractivity contribution in [2.75, 3.05) is 5.32 Å². The van der Waals surface area contributed by atoms with Crippen LogP contribution in [0, 0.1) is 0 Å². The smallest absolute Gasteiger partial charge is 0.221 e. The summed E-state index contributed by atoms with van der Waals surface area (Å²) in [6.07, 6.45) is 1.76. The molecule has 2 nitrogen and oxygen atoms in total. The molecule has 2 heteroatoms. The summed E-state index contributed by atoms with van der Waals surface area (Å²) in [7, 11) is 0. The van der Waals surface area contributed by atoms with E-state index < -0.39 is 0 Å². The Labute approximate surface area is 91.0 Å². The lowest BCUT2D eigenvalue weighted by Gasteiger charge is -2.15. The molecule has 0 radical (unpaired) electrons. The van der Waals surface area contributed by atoms with Crippen molar-refractivity contribution in [3.63, 3.8) is 0 Å². The third-order valence-corrected chi connectivity index (χ3v) is 2.27. The number of rotatable bonds is 3. The average Bonchev–Trinajstić information content (AvgIpc) is 2.16. The first-order valence-electron chi connectivity index (χ1n) is 5.09. The number of hydrogen-bond donors (Lipinski definition) is 1. The minimum absolute atomic E-state index is 0.0498. The highest BCUT2D eigenvalue weighted by atomic mass is 16.1. The molecule has 1 N–H and O–H groups in total. The topological polar surface area (TPSA) is 29.1 Å². The number of nitrogens with one attached hydrogen (secondary N) is 1. The lowest BCUT2D eigenvalue weighted by atomic mass is 9.97. The van der Waals surface area contributed by atoms with Crippen LogP contribution < -0.4 is 5.32 Å². The zero-order valence-electron chi connectivity index (χ0n) is 9.50. The molecule has 0 saturated heterocycles. The summed E-state index contributed by atoms with van der Waals surface area (Å²) in [5.74, 6) is 0.331. The molecule has 0 fully saturated rings. The van der Waals surface area contributed by atoms with Crippen LogP contribution in [0.3, 0.4) is 0 Å². The zero-order chi connectivity index (χ0) is 11.4. The van der Waals surface area contributed by atoms with E-state index in [1.165, 1.54) is 6.92 Å². The van der Waals surface area contributed by atoms with Gasteiger partial charge in [0.1, 0.15) is 0 Å². The van der Waals surface area contributed by atoms with E-state index in [9.17, 15) is 4.79 Å². The van der Waals surface area contributed by atoms with Crippen molar-refractivity contribution in [2.24, 2.45) is 0 Å². The summed E-state index contributed by atoms with van der Waals surface area (Å²) in [5.41, 5.74) is 2.99. The van der Waals surface area contributed by atoms with Crippen molar-refractivity contribution in [3.05, 3.63) is 35.9 Å². The van der Waals surface area contributed by atoms with Gasteiger partial charge in [-0.1, -0.05) is 44.7 Å². The molecule has 0 aromatic heterocycles. The SMILES string of the molecule is C=Cc1cccc(C(C)C)c1NC(C)=O. The Morgan fingerprint density at radius 3 is 2.60 bits per heavy atom. The normalized spacial score (nSPS) is 10.1. The Balaban J connectivity index is 3.26. The van der Waals surface area contributed by atoms with E-state index >= 15 is 0 Å². The van der Waals surface area contributed by atoms with Crippen LogP contribution in [0.15, 0.2) is 24.8 Å². The van der Waals surface area contributed by atoms with Crippen molar-refractivity contribution >= 4 is 17.7 Å². The van der Waals surface area contributed by atoms with Gasteiger partial charge in [-0.2, -0.15) is 0 Å². The third kappa shape index (κ3) is 2.69. The second-order valence-corrected chi connectivity index (χ2v) is 3.85. The molecule has 0 heterocycles. The number of hydrogen-bond acceptors (Lipinski definition) is 1. The highest BCUT2D eigenvalue weighted by molar-refractivity contribution is 5.92. The van der Waals surface area contributed by atoms with Crippen LogP contribution in [-0.2, 0) is 4.79 Å². The van der Waals surface area contributed by atoms with Crippen molar-refractivity contribution in [1.82, 2.24) is 0 Å². The first-order valence-corrected chi connectivity index (χ1v) is 5.09. The summed E-state index contributed by atoms with van der Waals surface area (Å²) in [5, 5.41) is 2.86. The van der Waals surface area contributed by atoms with Gasteiger partial charge in [0.25, 0.3) is 0 Å². The molecular formula is C13H17NO. The van der Waals surface area contributed by atoms with Gasteiger partial charge in [0, 0.05) is 6.92 Å². The van der Waals surface area contributed by atoms with Crippen LogP contribution in [0.4, 0.5) is 5.69 Å². The zero-order valence-corrected chi connectivity index (χ0v) is 9.50. The fourth-order valence-corrected chi connectivity index (χ4v) is 1.56. The molecule has 1 aromatic carbocycles. The Hall–Kier alpha value is -1.57. The number of anilines is 1. The average molecular weight is 203 g/mol. The van der Waals surface area contributed by atoms with Crippen LogP contribution in [-0.4, -0.2) is 5.91 Å². The number of benzene rings is 1. The maximum atomic E-state index is 11.1. The van der Waals surface area contributed by atoms with Crippen LogP contribution in [0.2, 0.25) is 0 Å². The number of para-hydroxylation sites is 1. The van der Waals surface area contributed by atoms with Gasteiger partial charge >= 0.3 is 0 Å². The predicted molar refractivity (Wildman–Crippen MR) is 64.9 cm³/mol. The Bertz CT molecular complexity index is 380. The van der Waals surface area contributed by atoms with Crippen LogP contribution in [0.5, 0.6) is 0 Å². The fraction of sp³-hybridized carbons (Fsp3) is 0.308. The van der Waals surface area contributed by atoms with Gasteiger partial charge in [-0.15, -0.1) is 0 Å². The maximum Gasteiger partial charge on any atom is 0.221 e. The molecule has 0 spiro atoms. The summed E-state index contributed by atoms with van der Waals surface area (Å²) < 4.78 is 0. The van der Waals surface area contributed by atoms with E-state index in [0.717, 1.165) is 16.8 Å². The molecule has 0 aliphatic rings. The molecule has 0 saturated carbocycles. The molecule has 80 valence electrons. The van der Waals surface area contributed by atoms with Gasteiger partial charge in [-0.25, -0.2) is 0 Å². The second-order valence-electron chi connectivity index (χ2n) is 3.85. The van der Waals surface area contributed by atoms with Gasteiger partial charge in [-0.3, -0.25) is 4.79 Å². The third-order valence-electron chi connectivity index (χ3n) is 2.27. The molecule has 1 aromatic rings. The van der Waals surface area contributed by atoms with E-state index in [0.29, 0.717) is 5.92 Å². The first-order chi connectivity index (χ1) is 7.06. The Morgan fingerprint density at radius 1 is 1.47 bits per heavy atom. The standard InChI is InChI=1S/C13H17NO/c1-5-11-7-6-8-12(9(2)3)13(11)14-10(4)15/h5-9H,1H2,2-4H3,(H,14,15). The van der Waals surface area contributed by atoms with Crippen LogP contribution >= 0.6 is 0 Å². The lowest BCUT2D eigenvalue weighted by molar-refractivity contribution is -0.114. The maximum absolute atomic E-state index is 11.1. The van der Waals surface area contributed by atoms with Gasteiger partial charge in [-0.05, 0) is 17.0 Å². The van der Waals surface area contributed by atoms with E-state index in [-0.39, 0.29) is 5.91 Å².